The first-order valence-electron chi connectivity index (χ1n) is 6.00. The standard InChI is InChI=1S/C11H18N4O3S/c1-13-11(16)10-5-9(7-14(10)2)19(17,18)15-4-3-8(12)6-15/h5,7-8H,3-4,6,12H2,1-2H3,(H,13,16)/t8-/m0/s1. The maximum absolute atomic E-state index is 12.4. The summed E-state index contributed by atoms with van der Waals surface area (Å²) in [7, 11) is -0.421. The maximum atomic E-state index is 12.4. The van der Waals surface area contributed by atoms with E-state index < -0.39 is 10.0 Å². The second kappa shape index (κ2) is 4.95. The number of aryl methyl sites for hydroxylation is 1. The van der Waals surface area contributed by atoms with E-state index in [0.29, 0.717) is 25.2 Å². The van der Waals surface area contributed by atoms with E-state index in [1.165, 1.54) is 28.2 Å². The summed E-state index contributed by atoms with van der Waals surface area (Å²) in [6.45, 7) is 0.750. The highest BCUT2D eigenvalue weighted by molar-refractivity contribution is 7.89. The van der Waals surface area contributed by atoms with Crippen LogP contribution in [0.3, 0.4) is 0 Å². The van der Waals surface area contributed by atoms with Gasteiger partial charge in [-0.2, -0.15) is 4.31 Å². The zero-order valence-corrected chi connectivity index (χ0v) is 11.8. The Balaban J connectivity index is 2.34. The van der Waals surface area contributed by atoms with Crippen LogP contribution in [0.4, 0.5) is 0 Å². The molecule has 1 atom stereocenters. The fourth-order valence-electron chi connectivity index (χ4n) is 2.15. The van der Waals surface area contributed by atoms with Gasteiger partial charge in [0.25, 0.3) is 5.91 Å². The van der Waals surface area contributed by atoms with Crippen LogP contribution in [0.2, 0.25) is 0 Å². The predicted octanol–water partition coefficient (Wildman–Crippen LogP) is -0.894. The number of nitrogens with two attached hydrogens (primary N) is 1. The molecule has 1 aliphatic heterocycles. The van der Waals surface area contributed by atoms with Gasteiger partial charge >= 0.3 is 0 Å². The minimum Gasteiger partial charge on any atom is -0.354 e. The Labute approximate surface area is 112 Å². The normalized spacial score (nSPS) is 20.7. The summed E-state index contributed by atoms with van der Waals surface area (Å²) in [5, 5.41) is 2.48. The Morgan fingerprint density at radius 2 is 2.21 bits per heavy atom. The number of carbonyl (C=O) groups excluding carboxylic acids is 1. The van der Waals surface area contributed by atoms with E-state index in [4.69, 9.17) is 5.73 Å². The molecule has 0 bridgehead atoms. The third-order valence-electron chi connectivity index (χ3n) is 3.26. The average Bonchev–Trinajstić information content (AvgIpc) is 2.95. The molecule has 8 heteroatoms. The second-order valence-corrected chi connectivity index (χ2v) is 6.60. The number of nitrogens with one attached hydrogen (secondary N) is 1. The monoisotopic (exact) mass is 286 g/mol. The van der Waals surface area contributed by atoms with E-state index in [-0.39, 0.29) is 16.8 Å². The maximum Gasteiger partial charge on any atom is 0.267 e. The van der Waals surface area contributed by atoms with Crippen molar-refractivity contribution in [1.29, 1.82) is 0 Å². The molecule has 1 amide bonds. The van der Waals surface area contributed by atoms with Gasteiger partial charge in [0.15, 0.2) is 0 Å². The van der Waals surface area contributed by atoms with E-state index in [2.05, 4.69) is 5.32 Å². The lowest BCUT2D eigenvalue weighted by molar-refractivity contribution is 0.0955. The van der Waals surface area contributed by atoms with Crippen LogP contribution in [-0.4, -0.2) is 49.4 Å². The van der Waals surface area contributed by atoms with Gasteiger partial charge in [-0.3, -0.25) is 4.79 Å². The summed E-state index contributed by atoms with van der Waals surface area (Å²) in [4.78, 5) is 11.7. The van der Waals surface area contributed by atoms with Crippen LogP contribution in [0.15, 0.2) is 17.2 Å². The van der Waals surface area contributed by atoms with E-state index >= 15 is 0 Å². The quantitative estimate of drug-likeness (QED) is 0.753. The zero-order chi connectivity index (χ0) is 14.2. The van der Waals surface area contributed by atoms with Crippen molar-refractivity contribution in [1.82, 2.24) is 14.2 Å². The van der Waals surface area contributed by atoms with Gasteiger partial charge in [-0.1, -0.05) is 0 Å². The van der Waals surface area contributed by atoms with E-state index in [0.717, 1.165) is 0 Å². The summed E-state index contributed by atoms with van der Waals surface area (Å²) < 4.78 is 27.6. The second-order valence-electron chi connectivity index (χ2n) is 4.66. The highest BCUT2D eigenvalue weighted by Gasteiger charge is 2.32. The molecular formula is C11H18N4O3S. The topological polar surface area (TPSA) is 97.4 Å². The molecule has 3 N–H and O–H groups in total. The molecule has 1 aromatic rings. The molecule has 1 aliphatic rings. The van der Waals surface area contributed by atoms with Crippen molar-refractivity contribution in [2.75, 3.05) is 20.1 Å². The fourth-order valence-corrected chi connectivity index (χ4v) is 3.73. The lowest BCUT2D eigenvalue weighted by Crippen LogP contribution is -2.31. The van der Waals surface area contributed by atoms with Gasteiger partial charge in [0, 0.05) is 39.4 Å². The van der Waals surface area contributed by atoms with Crippen LogP contribution in [-0.2, 0) is 17.1 Å². The lowest BCUT2D eigenvalue weighted by atomic mass is 10.3. The summed E-state index contributed by atoms with van der Waals surface area (Å²) in [6.07, 6.45) is 2.11. The lowest BCUT2D eigenvalue weighted by Gasteiger charge is -2.14. The van der Waals surface area contributed by atoms with Crippen molar-refractivity contribution < 1.29 is 13.2 Å². The largest absolute Gasteiger partial charge is 0.354 e. The predicted molar refractivity (Wildman–Crippen MR) is 70.2 cm³/mol. The first-order valence-corrected chi connectivity index (χ1v) is 7.44. The van der Waals surface area contributed by atoms with Crippen LogP contribution in [0.1, 0.15) is 16.9 Å². The highest BCUT2D eigenvalue weighted by atomic mass is 32.2. The van der Waals surface area contributed by atoms with E-state index in [1.807, 2.05) is 0 Å². The van der Waals surface area contributed by atoms with Crippen molar-refractivity contribution in [2.45, 2.75) is 17.4 Å². The van der Waals surface area contributed by atoms with Crippen LogP contribution in [0.25, 0.3) is 0 Å². The van der Waals surface area contributed by atoms with Gasteiger partial charge in [0.1, 0.15) is 10.6 Å². The molecule has 0 unspecified atom stereocenters. The molecule has 19 heavy (non-hydrogen) atoms. The van der Waals surface area contributed by atoms with Crippen LogP contribution in [0, 0.1) is 0 Å². The number of rotatable bonds is 3. The van der Waals surface area contributed by atoms with Crippen molar-refractivity contribution in [3.63, 3.8) is 0 Å². The molecule has 1 saturated heterocycles. The number of carbonyl (C=O) groups is 1. The third kappa shape index (κ3) is 2.51. The Morgan fingerprint density at radius 3 is 2.74 bits per heavy atom. The molecule has 0 aliphatic carbocycles. The van der Waals surface area contributed by atoms with Crippen molar-refractivity contribution in [3.05, 3.63) is 18.0 Å². The number of amides is 1. The molecule has 2 heterocycles. The summed E-state index contributed by atoms with van der Waals surface area (Å²) in [5.74, 6) is -0.318. The molecule has 0 radical (unpaired) electrons. The minimum atomic E-state index is -3.56. The fraction of sp³-hybridized carbons (Fsp3) is 0.545. The molecule has 7 nitrogen and oxygen atoms in total. The molecule has 0 saturated carbocycles. The number of aromatic nitrogens is 1. The molecule has 0 spiro atoms. The number of hydrogen-bond acceptors (Lipinski definition) is 4. The van der Waals surface area contributed by atoms with Gasteiger partial charge in [0.2, 0.25) is 10.0 Å². The third-order valence-corrected chi connectivity index (χ3v) is 5.10. The first-order chi connectivity index (χ1) is 8.86. The molecule has 1 aromatic heterocycles. The zero-order valence-electron chi connectivity index (χ0n) is 11.0. The smallest absolute Gasteiger partial charge is 0.267 e. The summed E-state index contributed by atoms with van der Waals surface area (Å²) >= 11 is 0. The van der Waals surface area contributed by atoms with Crippen molar-refractivity contribution in [2.24, 2.45) is 12.8 Å². The van der Waals surface area contributed by atoms with Crippen LogP contribution >= 0.6 is 0 Å². The molecule has 2 rings (SSSR count). The number of hydrogen-bond donors (Lipinski definition) is 2. The Morgan fingerprint density at radius 1 is 1.53 bits per heavy atom. The van der Waals surface area contributed by atoms with E-state index in [1.54, 1.807) is 7.05 Å². The van der Waals surface area contributed by atoms with E-state index in [9.17, 15) is 13.2 Å². The summed E-state index contributed by atoms with van der Waals surface area (Å²) in [6, 6.07) is 1.27. The van der Waals surface area contributed by atoms with Gasteiger partial charge in [-0.25, -0.2) is 8.42 Å². The van der Waals surface area contributed by atoms with Gasteiger partial charge in [-0.15, -0.1) is 0 Å². The Kier molecular flexibility index (Phi) is 3.66. The minimum absolute atomic E-state index is 0.114. The Hall–Kier alpha value is -1.38. The van der Waals surface area contributed by atoms with Gasteiger partial charge in [0.05, 0.1) is 0 Å². The first kappa shape index (κ1) is 14.0. The summed E-state index contributed by atoms with van der Waals surface area (Å²) in [5.41, 5.74) is 6.04. The average molecular weight is 286 g/mol. The molecule has 106 valence electrons. The number of nitrogens with zero attached hydrogens (tertiary/aromatic N) is 2. The molecular weight excluding hydrogens is 268 g/mol. The van der Waals surface area contributed by atoms with Crippen LogP contribution in [0.5, 0.6) is 0 Å². The number of sulfonamides is 1. The SMILES string of the molecule is CNC(=O)c1cc(S(=O)(=O)N2CC[C@H](N)C2)cn1C. The highest BCUT2D eigenvalue weighted by Crippen LogP contribution is 2.22. The molecule has 1 fully saturated rings. The molecule has 0 aromatic carbocycles. The Bertz CT molecular complexity index is 593. The van der Waals surface area contributed by atoms with Gasteiger partial charge in [-0.05, 0) is 12.5 Å². The van der Waals surface area contributed by atoms with Crippen molar-refractivity contribution >= 4 is 15.9 Å². The van der Waals surface area contributed by atoms with Crippen LogP contribution < -0.4 is 11.1 Å². The van der Waals surface area contributed by atoms with Gasteiger partial charge < -0.3 is 15.6 Å². The van der Waals surface area contributed by atoms with Crippen molar-refractivity contribution in [3.8, 4) is 0 Å².